The molecule has 0 saturated carbocycles. The number of rotatable bonds is 4. The number of fused-ring (bicyclic) bond motifs is 1. The summed E-state index contributed by atoms with van der Waals surface area (Å²) in [5, 5.41) is 0. The molecule has 0 amide bonds. The average molecular weight is 219 g/mol. The molecule has 2 nitrogen and oxygen atoms in total. The summed E-state index contributed by atoms with van der Waals surface area (Å²) in [4.78, 5) is 0. The molecule has 1 aromatic rings. The minimum absolute atomic E-state index is 0.798. The number of methoxy groups -OCH3 is 1. The fraction of sp³-hybridized carbons (Fsp3) is 0.571. The first-order chi connectivity index (χ1) is 7.85. The molecule has 0 heterocycles. The summed E-state index contributed by atoms with van der Waals surface area (Å²) in [7, 11) is 1.76. The Labute approximate surface area is 97.8 Å². The van der Waals surface area contributed by atoms with E-state index < -0.39 is 0 Å². The number of hydrogen-bond acceptors (Lipinski definition) is 2. The topological polar surface area (TPSA) is 35.2 Å². The molecule has 0 spiro atoms. The lowest BCUT2D eigenvalue weighted by molar-refractivity contribution is 0.379. The highest BCUT2D eigenvalue weighted by Crippen LogP contribution is 2.33. The van der Waals surface area contributed by atoms with Gasteiger partial charge >= 0.3 is 0 Å². The molecule has 1 aliphatic carbocycles. The van der Waals surface area contributed by atoms with Gasteiger partial charge < -0.3 is 10.5 Å². The molecule has 0 unspecified atom stereocenters. The summed E-state index contributed by atoms with van der Waals surface area (Å²) in [5.41, 5.74) is 8.48. The summed E-state index contributed by atoms with van der Waals surface area (Å²) in [6.07, 6.45) is 6.07. The first-order valence-electron chi connectivity index (χ1n) is 6.20. The van der Waals surface area contributed by atoms with Crippen molar-refractivity contribution in [2.24, 2.45) is 11.7 Å². The van der Waals surface area contributed by atoms with Crippen molar-refractivity contribution in [3.8, 4) is 5.75 Å². The molecule has 1 aliphatic rings. The third-order valence-corrected chi connectivity index (χ3v) is 3.58. The number of ether oxygens (including phenoxy) is 1. The summed E-state index contributed by atoms with van der Waals surface area (Å²) < 4.78 is 5.44. The monoisotopic (exact) mass is 219 g/mol. The second kappa shape index (κ2) is 5.35. The van der Waals surface area contributed by atoms with E-state index in [1.165, 1.54) is 36.8 Å². The van der Waals surface area contributed by atoms with E-state index in [-0.39, 0.29) is 0 Å². The Balaban J connectivity index is 2.11. The van der Waals surface area contributed by atoms with Gasteiger partial charge in [0.05, 0.1) is 7.11 Å². The highest BCUT2D eigenvalue weighted by Gasteiger charge is 2.20. The van der Waals surface area contributed by atoms with Gasteiger partial charge in [0, 0.05) is 0 Å². The van der Waals surface area contributed by atoms with Crippen molar-refractivity contribution in [2.45, 2.75) is 32.1 Å². The summed E-state index contributed by atoms with van der Waals surface area (Å²) in [6, 6.07) is 6.40. The van der Waals surface area contributed by atoms with Crippen LogP contribution in [0.3, 0.4) is 0 Å². The Kier molecular flexibility index (Phi) is 3.83. The fourth-order valence-corrected chi connectivity index (χ4v) is 2.67. The van der Waals surface area contributed by atoms with E-state index in [9.17, 15) is 0 Å². The van der Waals surface area contributed by atoms with Crippen LogP contribution in [0.2, 0.25) is 0 Å². The quantitative estimate of drug-likeness (QED) is 0.844. The van der Waals surface area contributed by atoms with Crippen LogP contribution in [0.1, 0.15) is 30.4 Å². The van der Waals surface area contributed by atoms with E-state index in [2.05, 4.69) is 18.2 Å². The first kappa shape index (κ1) is 11.5. The van der Waals surface area contributed by atoms with Gasteiger partial charge in [0.2, 0.25) is 0 Å². The van der Waals surface area contributed by atoms with E-state index >= 15 is 0 Å². The Morgan fingerprint density at radius 1 is 1.44 bits per heavy atom. The Morgan fingerprint density at radius 2 is 2.31 bits per heavy atom. The molecule has 1 atom stereocenters. The maximum absolute atomic E-state index is 5.57. The number of benzene rings is 1. The molecule has 0 radical (unpaired) electrons. The van der Waals surface area contributed by atoms with Gasteiger partial charge in [0.1, 0.15) is 5.75 Å². The molecule has 2 rings (SSSR count). The summed E-state index contributed by atoms with van der Waals surface area (Å²) in [5.74, 6) is 1.86. The Bertz CT molecular complexity index is 334. The first-order valence-corrected chi connectivity index (χ1v) is 6.20. The molecular formula is C14H21NO. The largest absolute Gasteiger partial charge is 0.496 e. The van der Waals surface area contributed by atoms with E-state index in [0.717, 1.165) is 24.6 Å². The van der Waals surface area contributed by atoms with E-state index in [0.29, 0.717) is 0 Å². The van der Waals surface area contributed by atoms with Crippen LogP contribution >= 0.6 is 0 Å². The average Bonchev–Trinajstić information content (AvgIpc) is 2.35. The highest BCUT2D eigenvalue weighted by atomic mass is 16.5. The van der Waals surface area contributed by atoms with Gasteiger partial charge in [-0.15, -0.1) is 0 Å². The number of nitrogens with two attached hydrogens (primary N) is 1. The zero-order valence-corrected chi connectivity index (χ0v) is 10.0. The normalized spacial score (nSPS) is 19.2. The minimum Gasteiger partial charge on any atom is -0.496 e. The van der Waals surface area contributed by atoms with Crippen molar-refractivity contribution >= 4 is 0 Å². The van der Waals surface area contributed by atoms with E-state index in [1.54, 1.807) is 7.11 Å². The zero-order chi connectivity index (χ0) is 11.4. The van der Waals surface area contributed by atoms with E-state index in [4.69, 9.17) is 10.5 Å². The number of aryl methyl sites for hydroxylation is 1. The predicted molar refractivity (Wildman–Crippen MR) is 66.8 cm³/mol. The van der Waals surface area contributed by atoms with Crippen molar-refractivity contribution in [2.75, 3.05) is 13.7 Å². The minimum atomic E-state index is 0.798. The van der Waals surface area contributed by atoms with Gasteiger partial charge in [-0.2, -0.15) is 0 Å². The standard InChI is InChI=1S/C14H21NO/c1-16-14-6-2-5-12-8-7-11(4-3-9-15)10-13(12)14/h2,5-6,11H,3-4,7-10,15H2,1H3/t11-/m1/s1. The highest BCUT2D eigenvalue weighted by molar-refractivity contribution is 5.42. The van der Waals surface area contributed by atoms with Crippen LogP contribution in [0, 0.1) is 5.92 Å². The van der Waals surface area contributed by atoms with Gasteiger partial charge in [-0.25, -0.2) is 0 Å². The SMILES string of the molecule is COc1cccc2c1C[C@H](CCCN)CC2. The van der Waals surface area contributed by atoms with Gasteiger partial charge in [0.25, 0.3) is 0 Å². The number of hydrogen-bond donors (Lipinski definition) is 1. The third kappa shape index (κ3) is 2.38. The van der Waals surface area contributed by atoms with Crippen molar-refractivity contribution in [1.29, 1.82) is 0 Å². The second-order valence-corrected chi connectivity index (χ2v) is 4.64. The summed E-state index contributed by atoms with van der Waals surface area (Å²) in [6.45, 7) is 0.815. The molecule has 0 fully saturated rings. The van der Waals surface area contributed by atoms with Crippen molar-refractivity contribution in [1.82, 2.24) is 0 Å². The maximum Gasteiger partial charge on any atom is 0.122 e. The van der Waals surface area contributed by atoms with Gasteiger partial charge in [-0.3, -0.25) is 0 Å². The Morgan fingerprint density at radius 3 is 3.06 bits per heavy atom. The lowest BCUT2D eigenvalue weighted by atomic mass is 9.81. The summed E-state index contributed by atoms with van der Waals surface area (Å²) >= 11 is 0. The predicted octanol–water partition coefficient (Wildman–Crippen LogP) is 2.54. The lowest BCUT2D eigenvalue weighted by Crippen LogP contribution is -2.16. The molecule has 2 N–H and O–H groups in total. The molecular weight excluding hydrogens is 198 g/mol. The molecule has 0 aliphatic heterocycles. The molecule has 16 heavy (non-hydrogen) atoms. The molecule has 1 aromatic carbocycles. The van der Waals surface area contributed by atoms with Crippen LogP contribution in [0.5, 0.6) is 5.75 Å². The van der Waals surface area contributed by atoms with Crippen LogP contribution in [-0.4, -0.2) is 13.7 Å². The molecule has 88 valence electrons. The molecule has 0 bridgehead atoms. The van der Waals surface area contributed by atoms with Crippen molar-refractivity contribution in [3.63, 3.8) is 0 Å². The molecule has 0 aromatic heterocycles. The smallest absolute Gasteiger partial charge is 0.122 e. The van der Waals surface area contributed by atoms with Crippen molar-refractivity contribution < 1.29 is 4.74 Å². The van der Waals surface area contributed by atoms with Crippen LogP contribution in [0.4, 0.5) is 0 Å². The van der Waals surface area contributed by atoms with Gasteiger partial charge in [-0.1, -0.05) is 12.1 Å². The third-order valence-electron chi connectivity index (χ3n) is 3.58. The zero-order valence-electron chi connectivity index (χ0n) is 10.0. The lowest BCUT2D eigenvalue weighted by Gasteiger charge is -2.25. The fourth-order valence-electron chi connectivity index (χ4n) is 2.67. The second-order valence-electron chi connectivity index (χ2n) is 4.64. The van der Waals surface area contributed by atoms with Crippen LogP contribution < -0.4 is 10.5 Å². The molecule has 0 saturated heterocycles. The van der Waals surface area contributed by atoms with Crippen LogP contribution in [0.25, 0.3) is 0 Å². The van der Waals surface area contributed by atoms with Crippen LogP contribution in [-0.2, 0) is 12.8 Å². The van der Waals surface area contributed by atoms with Crippen molar-refractivity contribution in [3.05, 3.63) is 29.3 Å². The molecule has 2 heteroatoms. The van der Waals surface area contributed by atoms with Gasteiger partial charge in [-0.05, 0) is 61.8 Å². The van der Waals surface area contributed by atoms with E-state index in [1.807, 2.05) is 0 Å². The maximum atomic E-state index is 5.57. The Hall–Kier alpha value is -1.02. The van der Waals surface area contributed by atoms with Crippen LogP contribution in [0.15, 0.2) is 18.2 Å². The van der Waals surface area contributed by atoms with Gasteiger partial charge in [0.15, 0.2) is 0 Å².